The molecule has 1 aliphatic rings. The molecule has 2 rings (SSSR count). The second-order valence-corrected chi connectivity index (χ2v) is 6.67. The topological polar surface area (TPSA) is 105 Å². The number of alkyl carbamates (subject to hydrolysis) is 1. The number of amides is 1. The number of ketones is 1. The van der Waals surface area contributed by atoms with Crippen molar-refractivity contribution in [3.8, 4) is 0 Å². The van der Waals surface area contributed by atoms with Crippen LogP contribution in [0.4, 0.5) is 10.5 Å². The van der Waals surface area contributed by atoms with E-state index in [1.165, 1.54) is 19.1 Å². The van der Waals surface area contributed by atoms with E-state index in [1.54, 1.807) is 32.9 Å². The summed E-state index contributed by atoms with van der Waals surface area (Å²) in [5, 5.41) is 11.7. The maximum Gasteiger partial charge on any atom is 0.413 e. The second kappa shape index (κ2) is 6.88. The molecule has 0 atom stereocenters. The number of carbonyl (C=O) groups is 3. The van der Waals surface area contributed by atoms with Gasteiger partial charge < -0.3 is 9.84 Å². The van der Waals surface area contributed by atoms with Gasteiger partial charge in [-0.05, 0) is 45.9 Å². The standard InChI is InChI=1S/C18H20N2O5/c1-10(21)13-7-11-5-6-12(16(22)23)8-14(11)19-15(9-13)20-17(24)25-18(2,3)4/h5-8H,9H2,1-4H3,(H,22,23)(H,19,20,24). The van der Waals surface area contributed by atoms with E-state index in [4.69, 9.17) is 9.84 Å². The van der Waals surface area contributed by atoms with Gasteiger partial charge in [0.2, 0.25) is 0 Å². The van der Waals surface area contributed by atoms with Crippen molar-refractivity contribution in [1.29, 1.82) is 0 Å². The molecule has 0 bridgehead atoms. The zero-order chi connectivity index (χ0) is 18.8. The summed E-state index contributed by atoms with van der Waals surface area (Å²) in [5.74, 6) is -1.02. The molecule has 132 valence electrons. The molecule has 2 N–H and O–H groups in total. The highest BCUT2D eigenvalue weighted by atomic mass is 16.6. The first-order valence-electron chi connectivity index (χ1n) is 7.71. The normalized spacial score (nSPS) is 13.8. The predicted octanol–water partition coefficient (Wildman–Crippen LogP) is 3.32. The number of aromatic carboxylic acids is 1. The molecular weight excluding hydrogens is 324 g/mol. The van der Waals surface area contributed by atoms with Crippen LogP contribution in [0.5, 0.6) is 0 Å². The van der Waals surface area contributed by atoms with Gasteiger partial charge in [0.15, 0.2) is 5.78 Å². The summed E-state index contributed by atoms with van der Waals surface area (Å²) in [7, 11) is 0. The van der Waals surface area contributed by atoms with Crippen LogP contribution in [-0.4, -0.2) is 34.4 Å². The first-order valence-corrected chi connectivity index (χ1v) is 7.71. The molecule has 1 aliphatic heterocycles. The van der Waals surface area contributed by atoms with E-state index in [-0.39, 0.29) is 23.6 Å². The number of fused-ring (bicyclic) bond motifs is 1. The largest absolute Gasteiger partial charge is 0.478 e. The Kier molecular flexibility index (Phi) is 5.06. The molecular formula is C18H20N2O5. The van der Waals surface area contributed by atoms with Crippen molar-refractivity contribution in [2.24, 2.45) is 4.99 Å². The Labute approximate surface area is 145 Å². The highest BCUT2D eigenvalue weighted by molar-refractivity contribution is 6.08. The summed E-state index contributed by atoms with van der Waals surface area (Å²) in [6, 6.07) is 4.42. The summed E-state index contributed by atoms with van der Waals surface area (Å²) in [6.07, 6.45) is 1.08. The molecule has 0 saturated heterocycles. The number of carboxylic acid groups (broad SMARTS) is 1. The predicted molar refractivity (Wildman–Crippen MR) is 93.1 cm³/mol. The van der Waals surface area contributed by atoms with Crippen LogP contribution in [-0.2, 0) is 9.53 Å². The summed E-state index contributed by atoms with van der Waals surface area (Å²) in [4.78, 5) is 39.3. The maximum atomic E-state index is 12.0. The molecule has 1 heterocycles. The van der Waals surface area contributed by atoms with Crippen LogP contribution in [0.1, 0.15) is 50.0 Å². The fourth-order valence-electron chi connectivity index (χ4n) is 2.22. The Morgan fingerprint density at radius 3 is 2.48 bits per heavy atom. The lowest BCUT2D eigenvalue weighted by atomic mass is 10.0. The molecule has 0 aliphatic carbocycles. The highest BCUT2D eigenvalue weighted by Crippen LogP contribution is 2.28. The zero-order valence-corrected chi connectivity index (χ0v) is 14.5. The SMILES string of the molecule is CC(=O)C1=Cc2ccc(C(=O)O)cc2N=C(NC(=O)OC(C)(C)C)C1. The van der Waals surface area contributed by atoms with Gasteiger partial charge in [-0.25, -0.2) is 14.6 Å². The zero-order valence-electron chi connectivity index (χ0n) is 14.5. The van der Waals surface area contributed by atoms with E-state index < -0.39 is 17.7 Å². The molecule has 0 aromatic heterocycles. The van der Waals surface area contributed by atoms with Crippen LogP contribution in [0.15, 0.2) is 28.8 Å². The summed E-state index contributed by atoms with van der Waals surface area (Å²) in [5.41, 5.74) is 0.817. The molecule has 1 aromatic carbocycles. The summed E-state index contributed by atoms with van der Waals surface area (Å²) < 4.78 is 5.20. The van der Waals surface area contributed by atoms with Crippen molar-refractivity contribution < 1.29 is 24.2 Å². The number of aliphatic imine (C=N–C) groups is 1. The maximum absolute atomic E-state index is 12.0. The Balaban J connectivity index is 2.41. The number of carbonyl (C=O) groups excluding carboxylic acids is 2. The number of nitrogens with one attached hydrogen (secondary N) is 1. The third kappa shape index (κ3) is 5.00. The van der Waals surface area contributed by atoms with Crippen LogP contribution < -0.4 is 5.32 Å². The summed E-state index contributed by atoms with van der Waals surface area (Å²) >= 11 is 0. The smallest absolute Gasteiger partial charge is 0.413 e. The van der Waals surface area contributed by atoms with Crippen molar-refractivity contribution in [3.63, 3.8) is 0 Å². The van der Waals surface area contributed by atoms with E-state index in [9.17, 15) is 14.4 Å². The average Bonchev–Trinajstić information content (AvgIpc) is 2.62. The van der Waals surface area contributed by atoms with Crippen LogP contribution >= 0.6 is 0 Å². The molecule has 0 spiro atoms. The molecule has 0 radical (unpaired) electrons. The Morgan fingerprint density at radius 1 is 1.24 bits per heavy atom. The van der Waals surface area contributed by atoms with Gasteiger partial charge in [0, 0.05) is 17.6 Å². The Morgan fingerprint density at radius 2 is 1.92 bits per heavy atom. The number of ether oxygens (including phenoxy) is 1. The van der Waals surface area contributed by atoms with Gasteiger partial charge in [0.05, 0.1) is 11.3 Å². The van der Waals surface area contributed by atoms with Crippen LogP contribution in [0.3, 0.4) is 0 Å². The van der Waals surface area contributed by atoms with Gasteiger partial charge in [0.25, 0.3) is 0 Å². The number of carboxylic acids is 1. The van der Waals surface area contributed by atoms with Crippen molar-refractivity contribution in [2.45, 2.75) is 39.7 Å². The Hall–Kier alpha value is -2.96. The molecule has 7 heteroatoms. The van der Waals surface area contributed by atoms with E-state index in [2.05, 4.69) is 10.3 Å². The van der Waals surface area contributed by atoms with Crippen molar-refractivity contribution in [1.82, 2.24) is 5.32 Å². The minimum absolute atomic E-state index is 0.0683. The van der Waals surface area contributed by atoms with Gasteiger partial charge in [-0.1, -0.05) is 6.07 Å². The van der Waals surface area contributed by atoms with Crippen LogP contribution in [0, 0.1) is 0 Å². The number of amidine groups is 1. The number of benzene rings is 1. The monoisotopic (exact) mass is 344 g/mol. The number of nitrogens with zero attached hydrogens (tertiary/aromatic N) is 1. The van der Waals surface area contributed by atoms with Crippen molar-refractivity contribution >= 4 is 35.4 Å². The fourth-order valence-corrected chi connectivity index (χ4v) is 2.22. The lowest BCUT2D eigenvalue weighted by Crippen LogP contribution is -2.36. The van der Waals surface area contributed by atoms with E-state index in [0.717, 1.165) is 0 Å². The quantitative estimate of drug-likeness (QED) is 0.856. The lowest BCUT2D eigenvalue weighted by molar-refractivity contribution is -0.113. The van der Waals surface area contributed by atoms with Gasteiger partial charge in [-0.15, -0.1) is 0 Å². The first kappa shape index (κ1) is 18.4. The first-order chi connectivity index (χ1) is 11.5. The molecule has 25 heavy (non-hydrogen) atoms. The lowest BCUT2D eigenvalue weighted by Gasteiger charge is -2.20. The highest BCUT2D eigenvalue weighted by Gasteiger charge is 2.21. The van der Waals surface area contributed by atoms with E-state index in [1.807, 2.05) is 0 Å². The van der Waals surface area contributed by atoms with Gasteiger partial charge in [0.1, 0.15) is 11.4 Å². The van der Waals surface area contributed by atoms with Gasteiger partial charge >= 0.3 is 12.1 Å². The van der Waals surface area contributed by atoms with E-state index >= 15 is 0 Å². The minimum atomic E-state index is -1.08. The number of rotatable bonds is 2. The molecule has 1 aromatic rings. The van der Waals surface area contributed by atoms with Crippen molar-refractivity contribution in [3.05, 3.63) is 34.9 Å². The van der Waals surface area contributed by atoms with Crippen molar-refractivity contribution in [2.75, 3.05) is 0 Å². The van der Waals surface area contributed by atoms with E-state index in [0.29, 0.717) is 16.8 Å². The second-order valence-electron chi connectivity index (χ2n) is 6.67. The van der Waals surface area contributed by atoms with Gasteiger partial charge in [-0.2, -0.15) is 0 Å². The molecule has 7 nitrogen and oxygen atoms in total. The third-order valence-electron chi connectivity index (χ3n) is 3.32. The van der Waals surface area contributed by atoms with Crippen LogP contribution in [0.2, 0.25) is 0 Å². The van der Waals surface area contributed by atoms with Crippen LogP contribution in [0.25, 0.3) is 6.08 Å². The average molecular weight is 344 g/mol. The molecule has 1 amide bonds. The molecule has 0 fully saturated rings. The number of hydrogen-bond donors (Lipinski definition) is 2. The molecule has 0 unspecified atom stereocenters. The number of hydrogen-bond acceptors (Lipinski definition) is 5. The summed E-state index contributed by atoms with van der Waals surface area (Å²) in [6.45, 7) is 6.62. The minimum Gasteiger partial charge on any atom is -0.478 e. The third-order valence-corrected chi connectivity index (χ3v) is 3.32. The number of Topliss-reactive ketones (excluding diaryl/α,β-unsaturated/α-hetero) is 1. The Bertz CT molecular complexity index is 800. The molecule has 0 saturated carbocycles. The van der Waals surface area contributed by atoms with Gasteiger partial charge in [-0.3, -0.25) is 10.1 Å². The fraction of sp³-hybridized carbons (Fsp3) is 0.333.